The van der Waals surface area contributed by atoms with Crippen LogP contribution >= 0.6 is 0 Å². The van der Waals surface area contributed by atoms with Gasteiger partial charge in [-0.25, -0.2) is 15.0 Å². The Labute approximate surface area is 127 Å². The van der Waals surface area contributed by atoms with Crippen molar-refractivity contribution in [2.24, 2.45) is 0 Å². The van der Waals surface area contributed by atoms with Gasteiger partial charge in [-0.15, -0.1) is 0 Å². The first kappa shape index (κ1) is 13.8. The average molecular weight is 294 g/mol. The van der Waals surface area contributed by atoms with Gasteiger partial charge < -0.3 is 15.2 Å². The smallest absolute Gasteiger partial charge is 0.227 e. The molecule has 1 aromatic carbocycles. The summed E-state index contributed by atoms with van der Waals surface area (Å²) in [6, 6.07) is 11.4. The van der Waals surface area contributed by atoms with Crippen LogP contribution in [0.4, 0.5) is 5.95 Å². The molecule has 0 aliphatic rings. The van der Waals surface area contributed by atoms with Crippen LogP contribution in [0, 0.1) is 0 Å². The van der Waals surface area contributed by atoms with Crippen molar-refractivity contribution in [1.82, 2.24) is 15.0 Å². The summed E-state index contributed by atoms with van der Waals surface area (Å²) in [6.07, 6.45) is 4.67. The van der Waals surface area contributed by atoms with Gasteiger partial charge in [0.1, 0.15) is 5.75 Å². The Morgan fingerprint density at radius 1 is 0.909 bits per heavy atom. The summed E-state index contributed by atoms with van der Waals surface area (Å²) in [5.41, 5.74) is 7.18. The highest BCUT2D eigenvalue weighted by Gasteiger charge is 2.12. The molecule has 0 saturated heterocycles. The number of hydrogen-bond acceptors (Lipinski definition) is 6. The highest BCUT2D eigenvalue weighted by Crippen LogP contribution is 2.36. The van der Waals surface area contributed by atoms with Gasteiger partial charge in [0.05, 0.1) is 19.5 Å². The zero-order chi connectivity index (χ0) is 15.4. The average Bonchev–Trinajstić information content (AvgIpc) is 2.57. The number of anilines is 1. The molecule has 0 fully saturated rings. The summed E-state index contributed by atoms with van der Waals surface area (Å²) in [6.45, 7) is 0. The van der Waals surface area contributed by atoms with Gasteiger partial charge in [-0.1, -0.05) is 18.2 Å². The second-order valence-corrected chi connectivity index (χ2v) is 4.44. The van der Waals surface area contributed by atoms with Crippen LogP contribution in [0.1, 0.15) is 0 Å². The Balaban J connectivity index is 2.01. The zero-order valence-electron chi connectivity index (χ0n) is 11.9. The minimum Gasteiger partial charge on any atom is -0.496 e. The van der Waals surface area contributed by atoms with Gasteiger partial charge in [-0.3, -0.25) is 0 Å². The van der Waals surface area contributed by atoms with Crippen molar-refractivity contribution >= 4 is 5.95 Å². The first-order chi connectivity index (χ1) is 10.8. The third-order valence-electron chi connectivity index (χ3n) is 3.03. The molecule has 22 heavy (non-hydrogen) atoms. The molecule has 3 rings (SSSR count). The number of nitrogen functional groups attached to an aromatic ring is 1. The lowest BCUT2D eigenvalue weighted by Gasteiger charge is -2.12. The number of nitrogens with two attached hydrogens (primary N) is 1. The lowest BCUT2D eigenvalue weighted by atomic mass is 10.1. The molecule has 2 aromatic heterocycles. The molecule has 3 aromatic rings. The van der Waals surface area contributed by atoms with Crippen molar-refractivity contribution in [1.29, 1.82) is 0 Å². The molecule has 2 heterocycles. The quantitative estimate of drug-likeness (QED) is 0.796. The van der Waals surface area contributed by atoms with Crippen LogP contribution in [0.15, 0.2) is 55.0 Å². The molecule has 0 atom stereocenters. The highest BCUT2D eigenvalue weighted by atomic mass is 16.5. The minimum absolute atomic E-state index is 0.193. The monoisotopic (exact) mass is 294 g/mol. The van der Waals surface area contributed by atoms with Gasteiger partial charge in [-0.05, 0) is 18.2 Å². The van der Waals surface area contributed by atoms with Crippen LogP contribution in [0.25, 0.3) is 11.1 Å². The fourth-order valence-corrected chi connectivity index (χ4v) is 2.03. The van der Waals surface area contributed by atoms with E-state index in [1.807, 2.05) is 36.4 Å². The normalized spacial score (nSPS) is 10.2. The molecule has 6 heteroatoms. The fourth-order valence-electron chi connectivity index (χ4n) is 2.03. The molecule has 110 valence electrons. The van der Waals surface area contributed by atoms with Crippen LogP contribution in [-0.4, -0.2) is 22.1 Å². The number of pyridine rings is 1. The first-order valence-corrected chi connectivity index (χ1v) is 6.61. The lowest BCUT2D eigenvalue weighted by Crippen LogP contribution is -1.97. The number of nitrogens with zero attached hydrogens (tertiary/aromatic N) is 3. The van der Waals surface area contributed by atoms with E-state index in [9.17, 15) is 0 Å². The van der Waals surface area contributed by atoms with Gasteiger partial charge in [0.2, 0.25) is 11.8 Å². The van der Waals surface area contributed by atoms with Gasteiger partial charge in [0.25, 0.3) is 0 Å². The van der Waals surface area contributed by atoms with E-state index < -0.39 is 0 Å². The molecule has 0 amide bonds. The second kappa shape index (κ2) is 6.09. The summed E-state index contributed by atoms with van der Waals surface area (Å²) < 4.78 is 11.2. The summed E-state index contributed by atoms with van der Waals surface area (Å²) in [7, 11) is 1.63. The number of para-hydroxylation sites is 1. The van der Waals surface area contributed by atoms with Crippen molar-refractivity contribution in [2.75, 3.05) is 12.8 Å². The van der Waals surface area contributed by atoms with E-state index in [1.165, 1.54) is 12.4 Å². The Morgan fingerprint density at radius 3 is 2.41 bits per heavy atom. The van der Waals surface area contributed by atoms with E-state index in [4.69, 9.17) is 15.2 Å². The molecule has 2 N–H and O–H groups in total. The van der Waals surface area contributed by atoms with E-state index in [0.29, 0.717) is 11.6 Å². The maximum Gasteiger partial charge on any atom is 0.227 e. The molecule has 0 saturated carbocycles. The maximum atomic E-state index is 5.77. The Bertz CT molecular complexity index is 775. The predicted molar refractivity (Wildman–Crippen MR) is 82.7 cm³/mol. The SMILES string of the molecule is COc1ccccc1-c1cccnc1Oc1cnc(N)nc1. The van der Waals surface area contributed by atoms with Crippen LogP contribution < -0.4 is 15.2 Å². The van der Waals surface area contributed by atoms with E-state index in [-0.39, 0.29) is 5.95 Å². The Morgan fingerprint density at radius 2 is 1.64 bits per heavy atom. The van der Waals surface area contributed by atoms with E-state index in [1.54, 1.807) is 13.3 Å². The summed E-state index contributed by atoms with van der Waals surface area (Å²) >= 11 is 0. The summed E-state index contributed by atoms with van der Waals surface area (Å²) in [5.74, 6) is 1.84. The van der Waals surface area contributed by atoms with Crippen LogP contribution in [-0.2, 0) is 0 Å². The van der Waals surface area contributed by atoms with Crippen LogP contribution in [0.2, 0.25) is 0 Å². The maximum absolute atomic E-state index is 5.77. The number of aromatic nitrogens is 3. The van der Waals surface area contributed by atoms with E-state index in [0.717, 1.165) is 16.9 Å². The molecule has 0 radical (unpaired) electrons. The largest absolute Gasteiger partial charge is 0.496 e. The molecular formula is C16H14N4O2. The fraction of sp³-hybridized carbons (Fsp3) is 0.0625. The van der Waals surface area contributed by atoms with Gasteiger partial charge in [0.15, 0.2) is 5.75 Å². The number of hydrogen-bond donors (Lipinski definition) is 1. The van der Waals surface area contributed by atoms with Gasteiger partial charge in [0, 0.05) is 17.3 Å². The van der Waals surface area contributed by atoms with Gasteiger partial charge in [-0.2, -0.15) is 0 Å². The topological polar surface area (TPSA) is 83.2 Å². The predicted octanol–water partition coefficient (Wildman–Crippen LogP) is 2.92. The number of methoxy groups -OCH3 is 1. The van der Waals surface area contributed by atoms with Crippen molar-refractivity contribution < 1.29 is 9.47 Å². The molecule has 0 unspecified atom stereocenters. The lowest BCUT2D eigenvalue weighted by molar-refractivity contribution is 0.415. The van der Waals surface area contributed by atoms with Crippen molar-refractivity contribution in [3.63, 3.8) is 0 Å². The second-order valence-electron chi connectivity index (χ2n) is 4.44. The van der Waals surface area contributed by atoms with Crippen molar-refractivity contribution in [3.05, 3.63) is 55.0 Å². The number of ether oxygens (including phenoxy) is 2. The zero-order valence-corrected chi connectivity index (χ0v) is 11.9. The Hall–Kier alpha value is -3.15. The third-order valence-corrected chi connectivity index (χ3v) is 3.03. The molecule has 0 aliphatic carbocycles. The number of benzene rings is 1. The van der Waals surface area contributed by atoms with E-state index in [2.05, 4.69) is 15.0 Å². The molecule has 0 aliphatic heterocycles. The van der Waals surface area contributed by atoms with Crippen molar-refractivity contribution in [3.8, 4) is 28.5 Å². The first-order valence-electron chi connectivity index (χ1n) is 6.61. The molecular weight excluding hydrogens is 280 g/mol. The molecule has 0 spiro atoms. The standard InChI is InChI=1S/C16H14N4O2/c1-21-14-7-3-2-5-12(14)13-6-4-8-18-15(13)22-11-9-19-16(17)20-10-11/h2-10H,1H3,(H2,17,19,20). The van der Waals surface area contributed by atoms with Crippen molar-refractivity contribution in [2.45, 2.75) is 0 Å². The van der Waals surface area contributed by atoms with Gasteiger partial charge >= 0.3 is 0 Å². The third kappa shape index (κ3) is 2.80. The summed E-state index contributed by atoms with van der Waals surface area (Å²) in [5, 5.41) is 0. The Kier molecular flexibility index (Phi) is 3.82. The summed E-state index contributed by atoms with van der Waals surface area (Å²) in [4.78, 5) is 12.1. The molecule has 6 nitrogen and oxygen atoms in total. The number of rotatable bonds is 4. The minimum atomic E-state index is 0.193. The highest BCUT2D eigenvalue weighted by molar-refractivity contribution is 5.74. The van der Waals surface area contributed by atoms with Crippen LogP contribution in [0.3, 0.4) is 0 Å². The molecule has 0 bridgehead atoms. The van der Waals surface area contributed by atoms with E-state index >= 15 is 0 Å². The van der Waals surface area contributed by atoms with Crippen LogP contribution in [0.5, 0.6) is 17.4 Å².